The maximum atomic E-state index is 12.9. The lowest BCUT2D eigenvalue weighted by atomic mass is 10.1. The third kappa shape index (κ3) is 5.38. The van der Waals surface area contributed by atoms with Crippen LogP contribution >= 0.6 is 0 Å². The van der Waals surface area contributed by atoms with Crippen LogP contribution in [0, 0.1) is 5.82 Å². The SMILES string of the molecule is O=C(Cc1n[nH]c(Cc2ccc(F)cc2)n1)NCc1cccc(C(F)(F)F)c1. The lowest BCUT2D eigenvalue weighted by Crippen LogP contribution is -2.25. The van der Waals surface area contributed by atoms with Gasteiger partial charge in [0.2, 0.25) is 5.91 Å². The zero-order valence-corrected chi connectivity index (χ0v) is 14.6. The van der Waals surface area contributed by atoms with Gasteiger partial charge < -0.3 is 5.32 Å². The lowest BCUT2D eigenvalue weighted by molar-refractivity contribution is -0.137. The number of alkyl halides is 3. The van der Waals surface area contributed by atoms with Crippen molar-refractivity contribution in [2.75, 3.05) is 0 Å². The van der Waals surface area contributed by atoms with Crippen molar-refractivity contribution in [2.45, 2.75) is 25.6 Å². The molecule has 0 spiro atoms. The lowest BCUT2D eigenvalue weighted by Gasteiger charge is -2.09. The first-order valence-corrected chi connectivity index (χ1v) is 8.37. The van der Waals surface area contributed by atoms with Crippen molar-refractivity contribution in [2.24, 2.45) is 0 Å². The van der Waals surface area contributed by atoms with Gasteiger partial charge in [-0.25, -0.2) is 9.37 Å². The van der Waals surface area contributed by atoms with Crippen molar-refractivity contribution < 1.29 is 22.4 Å². The average Bonchev–Trinajstić information content (AvgIpc) is 3.08. The number of hydrogen-bond donors (Lipinski definition) is 2. The minimum atomic E-state index is -4.43. The number of amides is 1. The van der Waals surface area contributed by atoms with Gasteiger partial charge in [-0.05, 0) is 35.4 Å². The molecule has 0 saturated heterocycles. The number of nitrogens with zero attached hydrogens (tertiary/aromatic N) is 2. The molecule has 0 fully saturated rings. The number of aromatic nitrogens is 3. The summed E-state index contributed by atoms with van der Waals surface area (Å²) < 4.78 is 51.0. The Kier molecular flexibility index (Phi) is 5.72. The molecule has 0 radical (unpaired) electrons. The monoisotopic (exact) mass is 392 g/mol. The molecule has 0 atom stereocenters. The van der Waals surface area contributed by atoms with E-state index in [-0.39, 0.29) is 24.6 Å². The van der Waals surface area contributed by atoms with Gasteiger partial charge in [-0.2, -0.15) is 18.3 Å². The number of rotatable bonds is 6. The highest BCUT2D eigenvalue weighted by Gasteiger charge is 2.30. The Morgan fingerprint density at radius 2 is 1.82 bits per heavy atom. The van der Waals surface area contributed by atoms with Crippen LogP contribution in [0.25, 0.3) is 0 Å². The summed E-state index contributed by atoms with van der Waals surface area (Å²) in [6.45, 7) is -0.0321. The van der Waals surface area contributed by atoms with E-state index in [2.05, 4.69) is 20.5 Å². The quantitative estimate of drug-likeness (QED) is 0.632. The molecule has 0 aliphatic carbocycles. The molecular formula is C19H16F4N4O. The molecule has 5 nitrogen and oxygen atoms in total. The van der Waals surface area contributed by atoms with Crippen LogP contribution in [0.5, 0.6) is 0 Å². The van der Waals surface area contributed by atoms with Crippen molar-refractivity contribution in [1.29, 1.82) is 0 Å². The summed E-state index contributed by atoms with van der Waals surface area (Å²) in [5.41, 5.74) is 0.409. The molecule has 0 bridgehead atoms. The molecule has 0 aliphatic heterocycles. The number of halogens is 4. The summed E-state index contributed by atoms with van der Waals surface area (Å²) in [6.07, 6.45) is -4.14. The average molecular weight is 392 g/mol. The molecule has 1 amide bonds. The van der Waals surface area contributed by atoms with E-state index in [1.54, 1.807) is 12.1 Å². The van der Waals surface area contributed by atoms with Crippen molar-refractivity contribution in [3.05, 3.63) is 82.7 Å². The van der Waals surface area contributed by atoms with Gasteiger partial charge in [-0.1, -0.05) is 24.3 Å². The zero-order chi connectivity index (χ0) is 20.1. The normalized spacial score (nSPS) is 11.4. The Morgan fingerprint density at radius 3 is 2.54 bits per heavy atom. The predicted molar refractivity (Wildman–Crippen MR) is 92.6 cm³/mol. The van der Waals surface area contributed by atoms with Crippen LogP contribution in [0.4, 0.5) is 17.6 Å². The van der Waals surface area contributed by atoms with Crippen LogP contribution in [0.15, 0.2) is 48.5 Å². The van der Waals surface area contributed by atoms with Gasteiger partial charge >= 0.3 is 6.18 Å². The van der Waals surface area contributed by atoms with Gasteiger partial charge in [0.25, 0.3) is 0 Å². The van der Waals surface area contributed by atoms with E-state index < -0.39 is 17.6 Å². The van der Waals surface area contributed by atoms with E-state index in [4.69, 9.17) is 0 Å². The van der Waals surface area contributed by atoms with Crippen molar-refractivity contribution in [3.8, 4) is 0 Å². The second kappa shape index (κ2) is 8.20. The van der Waals surface area contributed by atoms with Crippen LogP contribution in [-0.4, -0.2) is 21.1 Å². The highest BCUT2D eigenvalue weighted by molar-refractivity contribution is 5.77. The molecule has 146 valence electrons. The van der Waals surface area contributed by atoms with Crippen molar-refractivity contribution in [3.63, 3.8) is 0 Å². The molecule has 28 heavy (non-hydrogen) atoms. The number of H-pyrrole nitrogens is 1. The smallest absolute Gasteiger partial charge is 0.352 e. The highest BCUT2D eigenvalue weighted by atomic mass is 19.4. The fourth-order valence-corrected chi connectivity index (χ4v) is 2.55. The molecular weight excluding hydrogens is 376 g/mol. The molecule has 0 saturated carbocycles. The second-order valence-electron chi connectivity index (χ2n) is 6.15. The minimum absolute atomic E-state index is 0.0321. The Balaban J connectivity index is 1.53. The number of carbonyl (C=O) groups is 1. The fourth-order valence-electron chi connectivity index (χ4n) is 2.55. The van der Waals surface area contributed by atoms with Gasteiger partial charge in [0, 0.05) is 13.0 Å². The minimum Gasteiger partial charge on any atom is -0.352 e. The molecule has 9 heteroatoms. The molecule has 0 unspecified atom stereocenters. The van der Waals surface area contributed by atoms with E-state index >= 15 is 0 Å². The van der Waals surface area contributed by atoms with Crippen molar-refractivity contribution in [1.82, 2.24) is 20.5 Å². The summed E-state index contributed by atoms with van der Waals surface area (Å²) in [4.78, 5) is 16.2. The highest BCUT2D eigenvalue weighted by Crippen LogP contribution is 2.29. The first kappa shape index (κ1) is 19.5. The van der Waals surface area contributed by atoms with Crippen molar-refractivity contribution >= 4 is 5.91 Å². The summed E-state index contributed by atoms with van der Waals surface area (Å²) in [5.74, 6) is 0.0372. The number of benzene rings is 2. The molecule has 3 aromatic rings. The summed E-state index contributed by atoms with van der Waals surface area (Å²) in [5, 5.41) is 9.21. The molecule has 2 N–H and O–H groups in total. The zero-order valence-electron chi connectivity index (χ0n) is 14.6. The van der Waals surface area contributed by atoms with E-state index in [9.17, 15) is 22.4 Å². The van der Waals surface area contributed by atoms with E-state index in [1.807, 2.05) is 0 Å². The third-order valence-corrected chi connectivity index (χ3v) is 3.93. The summed E-state index contributed by atoms with van der Waals surface area (Å²) in [6, 6.07) is 10.7. The standard InChI is InChI=1S/C19H16F4N4O/c20-15-6-4-12(5-7-15)9-16-25-17(27-26-16)10-18(28)24-11-13-2-1-3-14(8-13)19(21,22)23/h1-8H,9-11H2,(H,24,28)(H,25,26,27). The molecule has 1 heterocycles. The molecule has 1 aromatic heterocycles. The van der Waals surface area contributed by atoms with E-state index in [1.165, 1.54) is 24.3 Å². The van der Waals surface area contributed by atoms with E-state index in [0.29, 0.717) is 17.8 Å². The maximum Gasteiger partial charge on any atom is 0.416 e. The molecule has 0 aliphatic rings. The Hall–Kier alpha value is -3.23. The molecule has 3 rings (SSSR count). The number of aromatic amines is 1. The van der Waals surface area contributed by atoms with Gasteiger partial charge in [-0.3, -0.25) is 9.89 Å². The Bertz CT molecular complexity index is 951. The number of carbonyl (C=O) groups excluding carboxylic acids is 1. The van der Waals surface area contributed by atoms with Crippen LogP contribution in [-0.2, 0) is 30.4 Å². The van der Waals surface area contributed by atoms with Gasteiger partial charge in [-0.15, -0.1) is 0 Å². The summed E-state index contributed by atoms with van der Waals surface area (Å²) in [7, 11) is 0. The van der Waals surface area contributed by atoms with Crippen LogP contribution in [0.3, 0.4) is 0 Å². The van der Waals surface area contributed by atoms with Gasteiger partial charge in [0.15, 0.2) is 5.82 Å². The van der Waals surface area contributed by atoms with Crippen LogP contribution < -0.4 is 5.32 Å². The van der Waals surface area contributed by atoms with Gasteiger partial charge in [0.1, 0.15) is 11.6 Å². The second-order valence-corrected chi connectivity index (χ2v) is 6.15. The first-order chi connectivity index (χ1) is 13.3. The Morgan fingerprint density at radius 1 is 1.07 bits per heavy atom. The first-order valence-electron chi connectivity index (χ1n) is 8.37. The largest absolute Gasteiger partial charge is 0.416 e. The third-order valence-electron chi connectivity index (χ3n) is 3.93. The fraction of sp³-hybridized carbons (Fsp3) is 0.211. The van der Waals surface area contributed by atoms with Crippen LogP contribution in [0.2, 0.25) is 0 Å². The molecule has 2 aromatic carbocycles. The van der Waals surface area contributed by atoms with Crippen LogP contribution in [0.1, 0.15) is 28.3 Å². The maximum absolute atomic E-state index is 12.9. The number of hydrogen-bond acceptors (Lipinski definition) is 3. The Labute approximate surface area is 157 Å². The predicted octanol–water partition coefficient (Wildman–Crippen LogP) is 3.41. The van der Waals surface area contributed by atoms with E-state index in [0.717, 1.165) is 17.7 Å². The van der Waals surface area contributed by atoms with Gasteiger partial charge in [0.05, 0.1) is 12.0 Å². The summed E-state index contributed by atoms with van der Waals surface area (Å²) >= 11 is 0. The topological polar surface area (TPSA) is 70.7 Å². The number of nitrogens with one attached hydrogen (secondary N) is 2.